The number of benzene rings is 2. The largest absolute Gasteiger partial charge is 0.357 e. The van der Waals surface area contributed by atoms with Crippen LogP contribution in [0, 0.1) is 17.1 Å². The van der Waals surface area contributed by atoms with Crippen molar-refractivity contribution in [3.8, 4) is 6.07 Å². The molecular weight excluding hydrogens is 355 g/mol. The van der Waals surface area contributed by atoms with Crippen LogP contribution in [0.3, 0.4) is 0 Å². The van der Waals surface area contributed by atoms with Crippen molar-refractivity contribution < 1.29 is 4.39 Å². The Morgan fingerprint density at radius 1 is 1.00 bits per heavy atom. The molecule has 0 spiro atoms. The Hall–Kier alpha value is -3.01. The lowest BCUT2D eigenvalue weighted by Gasteiger charge is -2.34. The number of nitriles is 1. The Kier molecular flexibility index (Phi) is 5.20. The van der Waals surface area contributed by atoms with Gasteiger partial charge in [0, 0.05) is 61.9 Å². The van der Waals surface area contributed by atoms with Crippen molar-refractivity contribution in [1.29, 1.82) is 5.26 Å². The zero-order chi connectivity index (χ0) is 19.5. The topological polar surface area (TPSA) is 63.1 Å². The highest BCUT2D eigenvalue weighted by atomic mass is 19.1. The fourth-order valence-electron chi connectivity index (χ4n) is 3.71. The van der Waals surface area contributed by atoms with Gasteiger partial charge in [0.25, 0.3) is 0 Å². The summed E-state index contributed by atoms with van der Waals surface area (Å²) in [6.45, 7) is 5.02. The standard InChI is InChI=1S/C22H21FN4O/c23-18-5-6-21-20(11-18)22(28)12-19(25-21)15-27-9-7-26(8-10-27)14-17-4-2-1-3-16(17)13-24/h1-6,11-12H,7-10,14-15H2,(H,25,28). The molecule has 1 aliphatic rings. The van der Waals surface area contributed by atoms with Crippen molar-refractivity contribution in [2.24, 2.45) is 0 Å². The number of piperazine rings is 1. The van der Waals surface area contributed by atoms with E-state index in [0.29, 0.717) is 17.4 Å². The molecule has 0 unspecified atom stereocenters. The zero-order valence-electron chi connectivity index (χ0n) is 15.5. The lowest BCUT2D eigenvalue weighted by Crippen LogP contribution is -2.45. The molecule has 4 rings (SSSR count). The van der Waals surface area contributed by atoms with Gasteiger partial charge in [-0.05, 0) is 29.8 Å². The summed E-state index contributed by atoms with van der Waals surface area (Å²) in [6, 6.07) is 15.8. The molecule has 2 aromatic carbocycles. The number of nitrogens with zero attached hydrogens (tertiary/aromatic N) is 3. The molecule has 6 heteroatoms. The summed E-state index contributed by atoms with van der Waals surface area (Å²) in [5.74, 6) is -0.403. The molecule has 0 amide bonds. The summed E-state index contributed by atoms with van der Waals surface area (Å²) >= 11 is 0. The van der Waals surface area contributed by atoms with E-state index in [-0.39, 0.29) is 5.43 Å². The maximum atomic E-state index is 13.3. The van der Waals surface area contributed by atoms with Gasteiger partial charge in [0.05, 0.1) is 11.6 Å². The van der Waals surface area contributed by atoms with Gasteiger partial charge in [-0.2, -0.15) is 5.26 Å². The Morgan fingerprint density at radius 3 is 2.46 bits per heavy atom. The van der Waals surface area contributed by atoms with E-state index in [4.69, 9.17) is 0 Å². The number of halogens is 1. The van der Waals surface area contributed by atoms with Crippen LogP contribution in [0.15, 0.2) is 53.3 Å². The maximum Gasteiger partial charge on any atom is 0.189 e. The van der Waals surface area contributed by atoms with Crippen LogP contribution in [0.25, 0.3) is 10.9 Å². The minimum absolute atomic E-state index is 0.157. The first-order valence-corrected chi connectivity index (χ1v) is 9.36. The molecule has 0 aliphatic carbocycles. The predicted octanol–water partition coefficient (Wildman–Crippen LogP) is 2.86. The Balaban J connectivity index is 1.39. The van der Waals surface area contributed by atoms with E-state index < -0.39 is 5.82 Å². The Morgan fingerprint density at radius 2 is 1.71 bits per heavy atom. The van der Waals surface area contributed by atoms with E-state index in [1.165, 1.54) is 12.1 Å². The van der Waals surface area contributed by atoms with Gasteiger partial charge in [-0.15, -0.1) is 0 Å². The van der Waals surface area contributed by atoms with Gasteiger partial charge in [-0.25, -0.2) is 4.39 Å². The third-order valence-electron chi connectivity index (χ3n) is 5.24. The van der Waals surface area contributed by atoms with E-state index in [1.807, 2.05) is 24.3 Å². The summed E-state index contributed by atoms with van der Waals surface area (Å²) in [4.78, 5) is 20.2. The number of rotatable bonds is 4. The van der Waals surface area contributed by atoms with Crippen molar-refractivity contribution in [3.63, 3.8) is 0 Å². The number of nitrogens with one attached hydrogen (secondary N) is 1. The molecule has 1 aromatic heterocycles. The first-order valence-electron chi connectivity index (χ1n) is 9.36. The van der Waals surface area contributed by atoms with Crippen molar-refractivity contribution in [1.82, 2.24) is 14.8 Å². The SMILES string of the molecule is N#Cc1ccccc1CN1CCN(Cc2cc(=O)c3cc(F)ccc3[nH]2)CC1. The quantitative estimate of drug-likeness (QED) is 0.761. The first-order chi connectivity index (χ1) is 13.6. The van der Waals surface area contributed by atoms with E-state index in [9.17, 15) is 14.4 Å². The number of aromatic nitrogens is 1. The number of H-pyrrole nitrogens is 1. The van der Waals surface area contributed by atoms with Gasteiger partial charge in [0.15, 0.2) is 5.43 Å². The molecule has 0 radical (unpaired) electrons. The van der Waals surface area contributed by atoms with E-state index in [1.54, 1.807) is 12.1 Å². The first kappa shape index (κ1) is 18.4. The average Bonchev–Trinajstić information content (AvgIpc) is 2.70. The molecule has 1 aliphatic heterocycles. The fraction of sp³-hybridized carbons (Fsp3) is 0.273. The molecule has 28 heavy (non-hydrogen) atoms. The van der Waals surface area contributed by atoms with Crippen LogP contribution in [0.1, 0.15) is 16.8 Å². The lowest BCUT2D eigenvalue weighted by molar-refractivity contribution is 0.121. The number of hydrogen-bond acceptors (Lipinski definition) is 4. The number of aromatic amines is 1. The summed E-state index contributed by atoms with van der Waals surface area (Å²) in [7, 11) is 0. The van der Waals surface area contributed by atoms with Gasteiger partial charge in [0.2, 0.25) is 0 Å². The van der Waals surface area contributed by atoms with Gasteiger partial charge in [-0.1, -0.05) is 18.2 Å². The highest BCUT2D eigenvalue weighted by Crippen LogP contribution is 2.15. The minimum atomic E-state index is -0.403. The number of fused-ring (bicyclic) bond motifs is 1. The van der Waals surface area contributed by atoms with Crippen LogP contribution in [0.2, 0.25) is 0 Å². The summed E-state index contributed by atoms with van der Waals surface area (Å²) < 4.78 is 13.3. The van der Waals surface area contributed by atoms with Crippen LogP contribution in [0.4, 0.5) is 4.39 Å². The molecule has 0 saturated carbocycles. The molecule has 1 saturated heterocycles. The Labute approximate surface area is 162 Å². The number of pyridine rings is 1. The second kappa shape index (κ2) is 7.93. The van der Waals surface area contributed by atoms with Crippen molar-refractivity contribution in [2.45, 2.75) is 13.1 Å². The van der Waals surface area contributed by atoms with Gasteiger partial charge < -0.3 is 4.98 Å². The van der Waals surface area contributed by atoms with Crippen molar-refractivity contribution in [2.75, 3.05) is 26.2 Å². The van der Waals surface area contributed by atoms with Crippen LogP contribution < -0.4 is 5.43 Å². The summed E-state index contributed by atoms with van der Waals surface area (Å²) in [5, 5.41) is 9.62. The molecule has 0 bridgehead atoms. The van der Waals surface area contributed by atoms with E-state index in [2.05, 4.69) is 20.9 Å². The Bertz CT molecular complexity index is 1090. The van der Waals surface area contributed by atoms with Gasteiger partial charge in [-0.3, -0.25) is 14.6 Å². The zero-order valence-corrected chi connectivity index (χ0v) is 15.5. The number of hydrogen-bond donors (Lipinski definition) is 1. The van der Waals surface area contributed by atoms with Crippen LogP contribution in [-0.4, -0.2) is 41.0 Å². The maximum absolute atomic E-state index is 13.3. The van der Waals surface area contributed by atoms with Crippen molar-refractivity contribution in [3.05, 3.63) is 81.4 Å². The minimum Gasteiger partial charge on any atom is -0.357 e. The van der Waals surface area contributed by atoms with Crippen LogP contribution in [-0.2, 0) is 13.1 Å². The van der Waals surface area contributed by atoms with E-state index >= 15 is 0 Å². The third kappa shape index (κ3) is 3.96. The molecule has 1 N–H and O–H groups in total. The molecule has 2 heterocycles. The lowest BCUT2D eigenvalue weighted by atomic mass is 10.1. The second-order valence-electron chi connectivity index (χ2n) is 7.17. The molecule has 142 valence electrons. The average molecular weight is 376 g/mol. The van der Waals surface area contributed by atoms with Crippen LogP contribution >= 0.6 is 0 Å². The fourth-order valence-corrected chi connectivity index (χ4v) is 3.71. The molecule has 5 nitrogen and oxygen atoms in total. The highest BCUT2D eigenvalue weighted by Gasteiger charge is 2.18. The smallest absolute Gasteiger partial charge is 0.189 e. The summed E-state index contributed by atoms with van der Waals surface area (Å²) in [6.07, 6.45) is 0. The van der Waals surface area contributed by atoms with Crippen LogP contribution in [0.5, 0.6) is 0 Å². The predicted molar refractivity (Wildman–Crippen MR) is 106 cm³/mol. The van der Waals surface area contributed by atoms with Gasteiger partial charge in [0.1, 0.15) is 5.82 Å². The molecule has 3 aromatic rings. The summed E-state index contributed by atoms with van der Waals surface area (Å²) in [5.41, 5.74) is 3.14. The normalized spacial score (nSPS) is 15.6. The van der Waals surface area contributed by atoms with E-state index in [0.717, 1.165) is 49.5 Å². The third-order valence-corrected chi connectivity index (χ3v) is 5.24. The van der Waals surface area contributed by atoms with Gasteiger partial charge >= 0.3 is 0 Å². The second-order valence-corrected chi connectivity index (χ2v) is 7.17. The molecule has 0 atom stereocenters. The molecular formula is C22H21FN4O. The monoisotopic (exact) mass is 376 g/mol. The highest BCUT2D eigenvalue weighted by molar-refractivity contribution is 5.78. The van der Waals surface area contributed by atoms with Crippen molar-refractivity contribution >= 4 is 10.9 Å². The molecule has 1 fully saturated rings.